The van der Waals surface area contributed by atoms with Crippen molar-refractivity contribution in [1.82, 2.24) is 9.80 Å². The fourth-order valence-electron chi connectivity index (χ4n) is 6.67. The molecule has 0 radical (unpaired) electrons. The Bertz CT molecular complexity index is 1100. The predicted octanol–water partition coefficient (Wildman–Crippen LogP) is 4.81. The number of hydrogen-bond donors (Lipinski definition) is 0. The highest BCUT2D eigenvalue weighted by Gasteiger charge is 2.45. The maximum atomic E-state index is 15.0. The topological polar surface area (TPSA) is 36.0 Å². The molecule has 5 nitrogen and oxygen atoms in total. The molecule has 200 valence electrons. The predicted molar refractivity (Wildman–Crippen MR) is 137 cm³/mol. The molecule has 8 heteroatoms. The summed E-state index contributed by atoms with van der Waals surface area (Å²) in [5.74, 6) is -2.21. The number of carbonyl (C=O) groups excluding carboxylic acids is 1. The number of amides is 1. The summed E-state index contributed by atoms with van der Waals surface area (Å²) in [6.45, 7) is 9.06. The van der Waals surface area contributed by atoms with E-state index in [9.17, 15) is 18.0 Å². The maximum Gasteiger partial charge on any atom is 0.227 e. The first-order valence-corrected chi connectivity index (χ1v) is 13.3. The van der Waals surface area contributed by atoms with Gasteiger partial charge in [-0.2, -0.15) is 0 Å². The molecule has 0 bridgehead atoms. The van der Waals surface area contributed by atoms with Crippen molar-refractivity contribution < 1.29 is 22.7 Å². The van der Waals surface area contributed by atoms with Crippen molar-refractivity contribution in [3.05, 3.63) is 65.5 Å². The first-order valence-electron chi connectivity index (χ1n) is 13.3. The number of benzene rings is 2. The van der Waals surface area contributed by atoms with Crippen LogP contribution in [-0.2, 0) is 9.53 Å². The van der Waals surface area contributed by atoms with E-state index >= 15 is 0 Å². The minimum atomic E-state index is -0.614. The van der Waals surface area contributed by atoms with Gasteiger partial charge in [-0.1, -0.05) is 6.07 Å². The second-order valence-electron chi connectivity index (χ2n) is 11.0. The zero-order valence-corrected chi connectivity index (χ0v) is 21.7. The van der Waals surface area contributed by atoms with E-state index in [1.807, 2.05) is 4.90 Å². The minimum Gasteiger partial charge on any atom is -0.378 e. The van der Waals surface area contributed by atoms with Gasteiger partial charge in [0.05, 0.1) is 12.0 Å². The molecule has 0 saturated carbocycles. The van der Waals surface area contributed by atoms with Gasteiger partial charge in [0.1, 0.15) is 17.5 Å². The van der Waals surface area contributed by atoms with Crippen LogP contribution in [0.1, 0.15) is 45.1 Å². The second-order valence-corrected chi connectivity index (χ2v) is 11.0. The number of anilines is 1. The SMILES string of the molecule is C[C@@H]1CN(C(=O)[C@@H]2CN([C@H]3CCO[C@@H](C)C3)C[C@H]2c2ccc(F)cc2F)C[C@H](C)N1c1ccc(F)cc1. The molecule has 37 heavy (non-hydrogen) atoms. The molecule has 3 aliphatic heterocycles. The first kappa shape index (κ1) is 26.0. The van der Waals surface area contributed by atoms with Crippen LogP contribution < -0.4 is 4.90 Å². The largest absolute Gasteiger partial charge is 0.378 e. The Kier molecular flexibility index (Phi) is 7.50. The van der Waals surface area contributed by atoms with Crippen molar-refractivity contribution >= 4 is 11.6 Å². The number of hydrogen-bond acceptors (Lipinski definition) is 4. The van der Waals surface area contributed by atoms with E-state index in [0.717, 1.165) is 24.6 Å². The molecule has 3 saturated heterocycles. The highest BCUT2D eigenvalue weighted by molar-refractivity contribution is 5.81. The minimum absolute atomic E-state index is 0.0220. The third kappa shape index (κ3) is 5.36. The van der Waals surface area contributed by atoms with Gasteiger partial charge >= 0.3 is 0 Å². The van der Waals surface area contributed by atoms with Crippen molar-refractivity contribution in [3.63, 3.8) is 0 Å². The molecule has 0 N–H and O–H groups in total. The molecular formula is C29H36F3N3O2. The summed E-state index contributed by atoms with van der Waals surface area (Å²) in [5.41, 5.74) is 1.34. The number of rotatable bonds is 4. The summed E-state index contributed by atoms with van der Waals surface area (Å²) in [6, 6.07) is 10.5. The molecule has 1 amide bonds. The fraction of sp³-hybridized carbons (Fsp3) is 0.552. The summed E-state index contributed by atoms with van der Waals surface area (Å²) >= 11 is 0. The summed E-state index contributed by atoms with van der Waals surface area (Å²) in [5, 5.41) is 0. The van der Waals surface area contributed by atoms with E-state index in [0.29, 0.717) is 38.3 Å². The van der Waals surface area contributed by atoms with Crippen molar-refractivity contribution in [1.29, 1.82) is 0 Å². The van der Waals surface area contributed by atoms with Gasteiger partial charge in [-0.15, -0.1) is 0 Å². The van der Waals surface area contributed by atoms with Gasteiger partial charge in [-0.25, -0.2) is 13.2 Å². The summed E-state index contributed by atoms with van der Waals surface area (Å²) < 4.78 is 47.9. The molecule has 0 aromatic heterocycles. The third-order valence-corrected chi connectivity index (χ3v) is 8.36. The van der Waals surface area contributed by atoms with E-state index in [1.54, 1.807) is 12.1 Å². The highest BCUT2D eigenvalue weighted by atomic mass is 19.1. The lowest BCUT2D eigenvalue weighted by Gasteiger charge is -2.46. The monoisotopic (exact) mass is 515 g/mol. The Balaban J connectivity index is 1.37. The average Bonchev–Trinajstić information content (AvgIpc) is 3.29. The van der Waals surface area contributed by atoms with Gasteiger partial charge in [-0.05, 0) is 69.5 Å². The lowest BCUT2D eigenvalue weighted by Crippen LogP contribution is -2.59. The van der Waals surface area contributed by atoms with Gasteiger partial charge in [0, 0.05) is 68.6 Å². The average molecular weight is 516 g/mol. The van der Waals surface area contributed by atoms with Crippen LogP contribution in [-0.4, -0.2) is 72.7 Å². The number of halogens is 3. The van der Waals surface area contributed by atoms with E-state index < -0.39 is 17.6 Å². The Morgan fingerprint density at radius 2 is 1.57 bits per heavy atom. The molecule has 6 atom stereocenters. The number of nitrogens with zero attached hydrogens (tertiary/aromatic N) is 3. The van der Waals surface area contributed by atoms with Crippen molar-refractivity contribution in [2.75, 3.05) is 37.7 Å². The van der Waals surface area contributed by atoms with Crippen molar-refractivity contribution in [3.8, 4) is 0 Å². The highest BCUT2D eigenvalue weighted by Crippen LogP contribution is 2.39. The normalized spacial score (nSPS) is 31.1. The third-order valence-electron chi connectivity index (χ3n) is 8.36. The van der Waals surface area contributed by atoms with Gasteiger partial charge in [-0.3, -0.25) is 9.69 Å². The summed E-state index contributed by atoms with van der Waals surface area (Å²) in [7, 11) is 0. The molecule has 2 aromatic carbocycles. The molecule has 0 unspecified atom stereocenters. The lowest BCUT2D eigenvalue weighted by atomic mass is 9.87. The van der Waals surface area contributed by atoms with Gasteiger partial charge in [0.2, 0.25) is 5.91 Å². The van der Waals surface area contributed by atoms with Crippen LogP contribution in [0.2, 0.25) is 0 Å². The van der Waals surface area contributed by atoms with E-state index in [-0.39, 0.29) is 41.9 Å². The summed E-state index contributed by atoms with van der Waals surface area (Å²) in [6.07, 6.45) is 1.91. The van der Waals surface area contributed by atoms with Gasteiger partial charge in [0.15, 0.2) is 0 Å². The molecular weight excluding hydrogens is 479 g/mol. The van der Waals surface area contributed by atoms with Crippen LogP contribution in [0, 0.1) is 23.4 Å². The van der Waals surface area contributed by atoms with Crippen LogP contribution in [0.25, 0.3) is 0 Å². The zero-order chi connectivity index (χ0) is 26.3. The summed E-state index contributed by atoms with van der Waals surface area (Å²) in [4.78, 5) is 20.5. The standard InChI is InChI=1S/C29H36F3N3O2/c1-18-14-34(15-19(2)35(18)23-7-4-21(30)5-8-23)29(36)27-17-33(24-10-11-37-20(3)12-24)16-26(27)25-9-6-22(31)13-28(25)32/h4-9,13,18-20,24,26-27H,10-12,14-17H2,1-3H3/t18-,19+,20-,24-,26-,27+/m0/s1. The number of piperazine rings is 1. The molecule has 5 rings (SSSR count). The second kappa shape index (κ2) is 10.7. The molecule has 0 aliphatic carbocycles. The Morgan fingerprint density at radius 1 is 0.892 bits per heavy atom. The Labute approximate surface area is 217 Å². The number of likely N-dealkylation sites (tertiary alicyclic amines) is 1. The lowest BCUT2D eigenvalue weighted by molar-refractivity contribution is -0.137. The number of carbonyl (C=O) groups is 1. The molecule has 3 aliphatic rings. The Morgan fingerprint density at radius 3 is 2.22 bits per heavy atom. The van der Waals surface area contributed by atoms with Crippen LogP contribution in [0.15, 0.2) is 42.5 Å². The molecule has 3 heterocycles. The quantitative estimate of drug-likeness (QED) is 0.586. The molecule has 2 aromatic rings. The number of ether oxygens (including phenoxy) is 1. The smallest absolute Gasteiger partial charge is 0.227 e. The van der Waals surface area contributed by atoms with E-state index in [4.69, 9.17) is 4.74 Å². The van der Waals surface area contributed by atoms with Crippen LogP contribution in [0.4, 0.5) is 18.9 Å². The fourth-order valence-corrected chi connectivity index (χ4v) is 6.67. The first-order chi connectivity index (χ1) is 17.7. The van der Waals surface area contributed by atoms with E-state index in [2.05, 4.69) is 30.6 Å². The van der Waals surface area contributed by atoms with Crippen LogP contribution in [0.5, 0.6) is 0 Å². The van der Waals surface area contributed by atoms with Crippen molar-refractivity contribution in [2.24, 2.45) is 5.92 Å². The van der Waals surface area contributed by atoms with Gasteiger partial charge < -0.3 is 14.5 Å². The molecule has 0 spiro atoms. The Hall–Kier alpha value is -2.58. The maximum absolute atomic E-state index is 15.0. The van der Waals surface area contributed by atoms with Crippen molar-refractivity contribution in [2.45, 2.75) is 63.8 Å². The zero-order valence-electron chi connectivity index (χ0n) is 21.7. The van der Waals surface area contributed by atoms with Gasteiger partial charge in [0.25, 0.3) is 0 Å². The van der Waals surface area contributed by atoms with E-state index in [1.165, 1.54) is 24.3 Å². The molecule has 3 fully saturated rings. The van der Waals surface area contributed by atoms with Crippen LogP contribution in [0.3, 0.4) is 0 Å². The van der Waals surface area contributed by atoms with Crippen LogP contribution >= 0.6 is 0 Å².